The number of thiophene rings is 1. The van der Waals surface area contributed by atoms with Crippen LogP contribution in [0.4, 0.5) is 13.2 Å². The molecular weight excluding hydrogens is 343 g/mol. The smallest absolute Gasteiger partial charge is 0.345 e. The first-order chi connectivity index (χ1) is 11.2. The average molecular weight is 359 g/mol. The Balaban J connectivity index is 1.87. The van der Waals surface area contributed by atoms with E-state index in [1.807, 2.05) is 0 Å². The first-order valence-corrected chi connectivity index (χ1v) is 8.39. The van der Waals surface area contributed by atoms with Gasteiger partial charge in [0, 0.05) is 4.88 Å². The molecule has 0 spiro atoms. The highest BCUT2D eigenvalue weighted by molar-refractivity contribution is 7.18. The standard InChI is InChI=1S/C15H16F3N3O2S/c1-8-2-3-9-10(4-8)24-13-12(9)14(23)21(7-20-13)5-11(22)19-6-15(16,17)18/h7-8H,2-6H2,1H3,(H,19,22)/t8-/m0/s1. The van der Waals surface area contributed by atoms with E-state index in [9.17, 15) is 22.8 Å². The van der Waals surface area contributed by atoms with Crippen molar-refractivity contribution in [1.82, 2.24) is 14.9 Å². The Morgan fingerprint density at radius 2 is 2.25 bits per heavy atom. The van der Waals surface area contributed by atoms with Crippen LogP contribution in [0.5, 0.6) is 0 Å². The van der Waals surface area contributed by atoms with Crippen molar-refractivity contribution in [3.8, 4) is 0 Å². The second kappa shape index (κ2) is 6.19. The van der Waals surface area contributed by atoms with E-state index >= 15 is 0 Å². The molecule has 0 bridgehead atoms. The molecule has 0 radical (unpaired) electrons. The van der Waals surface area contributed by atoms with Crippen LogP contribution < -0.4 is 10.9 Å². The summed E-state index contributed by atoms with van der Waals surface area (Å²) in [6.07, 6.45) is -0.575. The predicted molar refractivity (Wildman–Crippen MR) is 84.1 cm³/mol. The summed E-state index contributed by atoms with van der Waals surface area (Å²) in [5.74, 6) is -0.311. The number of halogens is 3. The van der Waals surface area contributed by atoms with Gasteiger partial charge in [0.25, 0.3) is 5.56 Å². The molecule has 0 saturated heterocycles. The third-order valence-electron chi connectivity index (χ3n) is 4.08. The SMILES string of the molecule is C[C@H]1CCc2c(sc3ncn(CC(=O)NCC(F)(F)F)c(=O)c23)C1. The van der Waals surface area contributed by atoms with E-state index in [4.69, 9.17) is 0 Å². The van der Waals surface area contributed by atoms with Gasteiger partial charge in [-0.3, -0.25) is 14.2 Å². The van der Waals surface area contributed by atoms with Crippen molar-refractivity contribution in [2.75, 3.05) is 6.54 Å². The van der Waals surface area contributed by atoms with Gasteiger partial charge in [-0.2, -0.15) is 13.2 Å². The molecule has 2 heterocycles. The minimum atomic E-state index is -4.48. The number of aryl methyl sites for hydroxylation is 1. The van der Waals surface area contributed by atoms with Crippen LogP contribution >= 0.6 is 11.3 Å². The minimum Gasteiger partial charge on any atom is -0.345 e. The van der Waals surface area contributed by atoms with Crippen molar-refractivity contribution in [1.29, 1.82) is 0 Å². The van der Waals surface area contributed by atoms with Gasteiger partial charge in [-0.25, -0.2) is 4.98 Å². The van der Waals surface area contributed by atoms with E-state index in [0.717, 1.165) is 34.3 Å². The molecule has 0 saturated carbocycles. The molecule has 2 aromatic rings. The molecule has 1 atom stereocenters. The Bertz CT molecular complexity index is 841. The molecule has 0 aliphatic heterocycles. The maximum atomic E-state index is 12.6. The van der Waals surface area contributed by atoms with Gasteiger partial charge in [-0.15, -0.1) is 11.3 Å². The maximum Gasteiger partial charge on any atom is 0.405 e. The monoisotopic (exact) mass is 359 g/mol. The Kier molecular flexibility index (Phi) is 4.37. The second-order valence-electron chi connectivity index (χ2n) is 6.10. The number of nitrogens with zero attached hydrogens (tertiary/aromatic N) is 2. The summed E-state index contributed by atoms with van der Waals surface area (Å²) < 4.78 is 37.4. The molecule has 1 amide bonds. The van der Waals surface area contributed by atoms with E-state index in [2.05, 4.69) is 11.9 Å². The van der Waals surface area contributed by atoms with Crippen molar-refractivity contribution in [2.45, 2.75) is 38.9 Å². The summed E-state index contributed by atoms with van der Waals surface area (Å²) in [6.45, 7) is 0.269. The van der Waals surface area contributed by atoms with Crippen molar-refractivity contribution in [3.63, 3.8) is 0 Å². The van der Waals surface area contributed by atoms with Crippen LogP contribution in [-0.2, 0) is 24.2 Å². The minimum absolute atomic E-state index is 0.366. The largest absolute Gasteiger partial charge is 0.405 e. The zero-order valence-electron chi connectivity index (χ0n) is 12.9. The van der Waals surface area contributed by atoms with Gasteiger partial charge in [0.15, 0.2) is 0 Å². The first-order valence-electron chi connectivity index (χ1n) is 7.57. The number of rotatable bonds is 3. The van der Waals surface area contributed by atoms with Crippen molar-refractivity contribution in [3.05, 3.63) is 27.1 Å². The van der Waals surface area contributed by atoms with Gasteiger partial charge >= 0.3 is 6.18 Å². The van der Waals surface area contributed by atoms with E-state index < -0.39 is 25.2 Å². The lowest BCUT2D eigenvalue weighted by Gasteiger charge is -2.17. The van der Waals surface area contributed by atoms with Crippen LogP contribution in [0.1, 0.15) is 23.8 Å². The van der Waals surface area contributed by atoms with Crippen LogP contribution in [0.2, 0.25) is 0 Å². The van der Waals surface area contributed by atoms with Gasteiger partial charge in [-0.05, 0) is 30.7 Å². The zero-order chi connectivity index (χ0) is 17.5. The number of aromatic nitrogens is 2. The fourth-order valence-corrected chi connectivity index (χ4v) is 4.23. The van der Waals surface area contributed by atoms with Gasteiger partial charge < -0.3 is 5.32 Å². The molecule has 24 heavy (non-hydrogen) atoms. The summed E-state index contributed by atoms with van der Waals surface area (Å²) in [7, 11) is 0. The molecule has 9 heteroatoms. The maximum absolute atomic E-state index is 12.6. The van der Waals surface area contributed by atoms with Crippen LogP contribution in [-0.4, -0.2) is 28.2 Å². The van der Waals surface area contributed by atoms with Gasteiger partial charge in [0.2, 0.25) is 5.91 Å². The van der Waals surface area contributed by atoms with Crippen LogP contribution in [0.3, 0.4) is 0 Å². The van der Waals surface area contributed by atoms with Crippen LogP contribution in [0.25, 0.3) is 10.2 Å². The highest BCUT2D eigenvalue weighted by atomic mass is 32.1. The fraction of sp³-hybridized carbons (Fsp3) is 0.533. The number of hydrogen-bond acceptors (Lipinski definition) is 4. The quantitative estimate of drug-likeness (QED) is 0.914. The fourth-order valence-electron chi connectivity index (χ4n) is 2.89. The van der Waals surface area contributed by atoms with Crippen molar-refractivity contribution in [2.24, 2.45) is 5.92 Å². The first kappa shape index (κ1) is 16.9. The third-order valence-corrected chi connectivity index (χ3v) is 5.24. The highest BCUT2D eigenvalue weighted by Gasteiger charge is 2.28. The van der Waals surface area contributed by atoms with Gasteiger partial charge in [0.1, 0.15) is 17.9 Å². The molecule has 1 N–H and O–H groups in total. The molecule has 0 unspecified atom stereocenters. The van der Waals surface area contributed by atoms with E-state index in [1.165, 1.54) is 17.7 Å². The summed E-state index contributed by atoms with van der Waals surface area (Å²) in [4.78, 5) is 30.2. The molecule has 2 aromatic heterocycles. The molecular formula is C15H16F3N3O2S. The summed E-state index contributed by atoms with van der Waals surface area (Å²) in [6, 6.07) is 0. The molecule has 0 fully saturated rings. The Morgan fingerprint density at radius 1 is 1.50 bits per heavy atom. The van der Waals surface area contributed by atoms with Crippen molar-refractivity contribution < 1.29 is 18.0 Å². The Morgan fingerprint density at radius 3 is 2.96 bits per heavy atom. The molecule has 1 aliphatic rings. The van der Waals surface area contributed by atoms with Gasteiger partial charge in [0.05, 0.1) is 11.7 Å². The average Bonchev–Trinajstić information content (AvgIpc) is 2.85. The number of carbonyl (C=O) groups excluding carboxylic acids is 1. The normalized spacial score (nSPS) is 17.8. The number of alkyl halides is 3. The number of amides is 1. The summed E-state index contributed by atoms with van der Waals surface area (Å²) in [5.41, 5.74) is 0.616. The zero-order valence-corrected chi connectivity index (χ0v) is 13.8. The topological polar surface area (TPSA) is 64.0 Å². The lowest BCUT2D eigenvalue weighted by Crippen LogP contribution is -2.37. The van der Waals surface area contributed by atoms with E-state index in [-0.39, 0.29) is 5.56 Å². The predicted octanol–water partition coefficient (Wildman–Crippen LogP) is 2.26. The summed E-state index contributed by atoms with van der Waals surface area (Å²) in [5, 5.41) is 2.27. The number of hydrogen-bond donors (Lipinski definition) is 1. The van der Waals surface area contributed by atoms with E-state index in [1.54, 1.807) is 5.32 Å². The molecule has 1 aliphatic carbocycles. The number of fused-ring (bicyclic) bond motifs is 3. The number of carbonyl (C=O) groups is 1. The molecule has 130 valence electrons. The van der Waals surface area contributed by atoms with Crippen molar-refractivity contribution >= 4 is 27.5 Å². The Labute approximate surface area is 139 Å². The molecule has 3 rings (SSSR count). The lowest BCUT2D eigenvalue weighted by atomic mass is 9.89. The summed E-state index contributed by atoms with van der Waals surface area (Å²) >= 11 is 1.49. The number of nitrogens with one attached hydrogen (secondary N) is 1. The van der Waals surface area contributed by atoms with Gasteiger partial charge in [-0.1, -0.05) is 6.92 Å². The third kappa shape index (κ3) is 3.45. The van der Waals surface area contributed by atoms with E-state index in [0.29, 0.717) is 16.1 Å². The van der Waals surface area contributed by atoms with Crippen LogP contribution in [0, 0.1) is 5.92 Å². The molecule has 0 aromatic carbocycles. The molecule has 5 nitrogen and oxygen atoms in total. The van der Waals surface area contributed by atoms with Crippen LogP contribution in [0.15, 0.2) is 11.1 Å². The second-order valence-corrected chi connectivity index (χ2v) is 7.19. The Hall–Kier alpha value is -1.90. The lowest BCUT2D eigenvalue weighted by molar-refractivity contribution is -0.138. The highest BCUT2D eigenvalue weighted by Crippen LogP contribution is 2.35.